The van der Waals surface area contributed by atoms with Gasteiger partial charge in [-0.25, -0.2) is 4.90 Å². The Hall–Kier alpha value is -3.62. The van der Waals surface area contributed by atoms with Crippen molar-refractivity contribution < 1.29 is 35.9 Å². The molecule has 0 saturated heterocycles. The van der Waals surface area contributed by atoms with Crippen molar-refractivity contribution in [3.63, 3.8) is 0 Å². The van der Waals surface area contributed by atoms with Gasteiger partial charge in [0.1, 0.15) is 0 Å². The number of hydrogen-bond acceptors (Lipinski definition) is 2. The molecule has 0 aliphatic carbocycles. The summed E-state index contributed by atoms with van der Waals surface area (Å²) in [6.45, 7) is 1.69. The minimum Gasteiger partial charge on any atom is -0.268 e. The van der Waals surface area contributed by atoms with Crippen LogP contribution in [-0.4, -0.2) is 11.8 Å². The van der Waals surface area contributed by atoms with Crippen molar-refractivity contribution >= 4 is 17.5 Å². The summed E-state index contributed by atoms with van der Waals surface area (Å²) in [6, 6.07) is 13.0. The van der Waals surface area contributed by atoms with Crippen molar-refractivity contribution in [2.75, 3.05) is 4.90 Å². The van der Waals surface area contributed by atoms with Gasteiger partial charge in [0.05, 0.1) is 27.9 Å². The maximum atomic E-state index is 13.5. The van der Waals surface area contributed by atoms with Gasteiger partial charge in [-0.3, -0.25) is 9.59 Å². The van der Waals surface area contributed by atoms with E-state index >= 15 is 0 Å². The summed E-state index contributed by atoms with van der Waals surface area (Å²) >= 11 is 0. The molecular formula is C23H15F6NO2. The molecule has 2 amide bonds. The molecule has 166 valence electrons. The fraction of sp³-hybridized carbons (Fsp3) is 0.130. The Bertz CT molecular complexity index is 1080. The Kier molecular flexibility index (Phi) is 6.11. The van der Waals surface area contributed by atoms with Gasteiger partial charge in [-0.1, -0.05) is 42.0 Å². The summed E-state index contributed by atoms with van der Waals surface area (Å²) in [4.78, 5) is 26.7. The molecule has 3 aromatic carbocycles. The second-order valence-corrected chi connectivity index (χ2v) is 6.87. The van der Waals surface area contributed by atoms with Crippen LogP contribution in [0.5, 0.6) is 0 Å². The van der Waals surface area contributed by atoms with E-state index in [2.05, 4.69) is 0 Å². The molecule has 3 nitrogen and oxygen atoms in total. The quantitative estimate of drug-likeness (QED) is 0.336. The van der Waals surface area contributed by atoms with Crippen molar-refractivity contribution in [2.24, 2.45) is 0 Å². The molecule has 0 spiro atoms. The lowest BCUT2D eigenvalue weighted by atomic mass is 10.0. The van der Waals surface area contributed by atoms with Crippen molar-refractivity contribution in [3.8, 4) is 0 Å². The SMILES string of the molecule is Cc1ccc(N(C(=O)c2ccccc2C(F)(F)F)C(=O)c2ccccc2C(F)(F)F)cc1. The summed E-state index contributed by atoms with van der Waals surface area (Å²) in [5, 5.41) is 0. The number of amides is 2. The number of anilines is 1. The van der Waals surface area contributed by atoms with E-state index in [4.69, 9.17) is 0 Å². The van der Waals surface area contributed by atoms with E-state index < -0.39 is 46.4 Å². The van der Waals surface area contributed by atoms with E-state index in [-0.39, 0.29) is 5.69 Å². The number of nitrogens with zero attached hydrogens (tertiary/aromatic N) is 1. The number of benzene rings is 3. The standard InChI is InChI=1S/C23H15F6NO2/c1-14-10-12-15(13-11-14)30(20(31)16-6-2-4-8-18(16)22(24,25)26)21(32)17-7-3-5-9-19(17)23(27,28)29/h2-13H,1H3. The van der Waals surface area contributed by atoms with Crippen LogP contribution >= 0.6 is 0 Å². The van der Waals surface area contributed by atoms with Gasteiger partial charge >= 0.3 is 12.4 Å². The van der Waals surface area contributed by atoms with E-state index in [0.717, 1.165) is 24.3 Å². The normalized spacial score (nSPS) is 11.8. The van der Waals surface area contributed by atoms with Crippen LogP contribution in [0.15, 0.2) is 72.8 Å². The first-order valence-electron chi connectivity index (χ1n) is 9.19. The highest BCUT2D eigenvalue weighted by Crippen LogP contribution is 2.35. The topological polar surface area (TPSA) is 37.4 Å². The molecule has 0 N–H and O–H groups in total. The Morgan fingerprint density at radius 1 is 0.625 bits per heavy atom. The van der Waals surface area contributed by atoms with Crippen LogP contribution in [0, 0.1) is 6.92 Å². The highest BCUT2D eigenvalue weighted by atomic mass is 19.4. The average molecular weight is 451 g/mol. The van der Waals surface area contributed by atoms with E-state index in [9.17, 15) is 35.9 Å². The Labute approximate surface area is 178 Å². The number of carbonyl (C=O) groups excluding carboxylic acids is 2. The van der Waals surface area contributed by atoms with E-state index in [1.165, 1.54) is 36.4 Å². The van der Waals surface area contributed by atoms with E-state index in [1.54, 1.807) is 6.92 Å². The minimum absolute atomic E-state index is 0.167. The smallest absolute Gasteiger partial charge is 0.268 e. The van der Waals surface area contributed by atoms with Crippen molar-refractivity contribution in [1.82, 2.24) is 0 Å². The van der Waals surface area contributed by atoms with Crippen molar-refractivity contribution in [1.29, 1.82) is 0 Å². The Morgan fingerprint density at radius 2 is 1.00 bits per heavy atom. The van der Waals surface area contributed by atoms with Crippen molar-refractivity contribution in [3.05, 3.63) is 101 Å². The maximum absolute atomic E-state index is 13.5. The summed E-state index contributed by atoms with van der Waals surface area (Å²) in [6.07, 6.45) is -9.84. The molecule has 32 heavy (non-hydrogen) atoms. The fourth-order valence-electron chi connectivity index (χ4n) is 3.10. The molecule has 0 aromatic heterocycles. The van der Waals surface area contributed by atoms with Crippen LogP contribution < -0.4 is 4.90 Å². The number of carbonyl (C=O) groups is 2. The molecule has 0 aliphatic rings. The zero-order chi connectivity index (χ0) is 23.7. The zero-order valence-electron chi connectivity index (χ0n) is 16.5. The van der Waals surface area contributed by atoms with Gasteiger partial charge in [0.2, 0.25) is 0 Å². The lowest BCUT2D eigenvalue weighted by Crippen LogP contribution is -2.39. The second kappa shape index (κ2) is 8.49. The third-order valence-corrected chi connectivity index (χ3v) is 4.62. The predicted octanol–water partition coefficient (Wildman–Crippen LogP) is 6.52. The maximum Gasteiger partial charge on any atom is 0.417 e. The third-order valence-electron chi connectivity index (χ3n) is 4.62. The van der Waals surface area contributed by atoms with Gasteiger partial charge in [-0.05, 0) is 43.3 Å². The number of alkyl halides is 6. The zero-order valence-corrected chi connectivity index (χ0v) is 16.5. The fourth-order valence-corrected chi connectivity index (χ4v) is 3.10. The number of hydrogen-bond donors (Lipinski definition) is 0. The number of aryl methyl sites for hydroxylation is 1. The summed E-state index contributed by atoms with van der Waals surface area (Å²) in [5.74, 6) is -2.80. The Morgan fingerprint density at radius 3 is 1.38 bits per heavy atom. The van der Waals surface area contributed by atoms with Crippen LogP contribution in [0.25, 0.3) is 0 Å². The summed E-state index contributed by atoms with van der Waals surface area (Å²) < 4.78 is 80.8. The highest BCUT2D eigenvalue weighted by molar-refractivity contribution is 6.26. The van der Waals surface area contributed by atoms with Crippen molar-refractivity contribution in [2.45, 2.75) is 19.3 Å². The average Bonchev–Trinajstić information content (AvgIpc) is 2.74. The summed E-state index contributed by atoms with van der Waals surface area (Å²) in [5.41, 5.74) is -3.80. The molecule has 0 heterocycles. The van der Waals surface area contributed by atoms with Crippen LogP contribution in [-0.2, 0) is 12.4 Å². The summed E-state index contributed by atoms with van der Waals surface area (Å²) in [7, 11) is 0. The lowest BCUT2D eigenvalue weighted by molar-refractivity contribution is -0.138. The largest absolute Gasteiger partial charge is 0.417 e. The predicted molar refractivity (Wildman–Crippen MR) is 105 cm³/mol. The van der Waals surface area contributed by atoms with Gasteiger partial charge in [-0.15, -0.1) is 0 Å². The molecule has 3 aromatic rings. The molecule has 9 heteroatoms. The van der Waals surface area contributed by atoms with Crippen LogP contribution in [0.2, 0.25) is 0 Å². The van der Waals surface area contributed by atoms with Gasteiger partial charge < -0.3 is 0 Å². The first-order chi connectivity index (χ1) is 14.9. The molecule has 0 atom stereocenters. The van der Waals surface area contributed by atoms with E-state index in [1.807, 2.05) is 0 Å². The molecule has 0 aliphatic heterocycles. The molecule has 0 fully saturated rings. The van der Waals surface area contributed by atoms with Crippen LogP contribution in [0.1, 0.15) is 37.4 Å². The van der Waals surface area contributed by atoms with Gasteiger partial charge in [0.25, 0.3) is 11.8 Å². The van der Waals surface area contributed by atoms with E-state index in [0.29, 0.717) is 22.6 Å². The number of rotatable bonds is 3. The highest BCUT2D eigenvalue weighted by Gasteiger charge is 2.40. The van der Waals surface area contributed by atoms with Gasteiger partial charge in [0.15, 0.2) is 0 Å². The third kappa shape index (κ3) is 4.66. The van der Waals surface area contributed by atoms with Crippen LogP contribution in [0.3, 0.4) is 0 Å². The molecule has 3 rings (SSSR count). The van der Waals surface area contributed by atoms with Crippen LogP contribution in [0.4, 0.5) is 32.0 Å². The molecule has 0 unspecified atom stereocenters. The molecule has 0 bridgehead atoms. The Balaban J connectivity index is 2.21. The molecule has 0 radical (unpaired) electrons. The molecule has 0 saturated carbocycles. The monoisotopic (exact) mass is 451 g/mol. The lowest BCUT2D eigenvalue weighted by Gasteiger charge is -2.24. The molecular weight excluding hydrogens is 436 g/mol. The van der Waals surface area contributed by atoms with Gasteiger partial charge in [-0.2, -0.15) is 26.3 Å². The number of imide groups is 1. The van der Waals surface area contributed by atoms with Gasteiger partial charge in [0, 0.05) is 0 Å². The first-order valence-corrected chi connectivity index (χ1v) is 9.19. The first kappa shape index (κ1) is 23.1. The minimum atomic E-state index is -4.92. The second-order valence-electron chi connectivity index (χ2n) is 6.87. The number of halogens is 6.